The molecule has 0 aliphatic rings. The SMILES string of the molecule is Cc1cc(Br)ccc1-c1ncc([C@H](C)O)c(C)n1. The topological polar surface area (TPSA) is 46.0 Å². The zero-order valence-corrected chi connectivity index (χ0v) is 12.2. The predicted octanol–water partition coefficient (Wildman–Crippen LogP) is 3.58. The lowest BCUT2D eigenvalue weighted by Gasteiger charge is -2.10. The Balaban J connectivity index is 2.49. The Labute approximate surface area is 115 Å². The first-order valence-electron chi connectivity index (χ1n) is 5.77. The molecule has 0 saturated heterocycles. The number of aliphatic hydroxyl groups excluding tert-OH is 1. The van der Waals surface area contributed by atoms with Crippen LogP contribution in [0.15, 0.2) is 28.9 Å². The first-order valence-corrected chi connectivity index (χ1v) is 6.56. The monoisotopic (exact) mass is 306 g/mol. The number of aryl methyl sites for hydroxylation is 2. The fourth-order valence-electron chi connectivity index (χ4n) is 1.89. The Bertz CT molecular complexity index is 582. The van der Waals surface area contributed by atoms with Crippen LogP contribution in [0.25, 0.3) is 11.4 Å². The summed E-state index contributed by atoms with van der Waals surface area (Å²) in [5, 5.41) is 9.57. The standard InChI is InChI=1S/C14H15BrN2O/c1-8-6-11(15)4-5-12(8)14-16-7-13(10(3)18)9(2)17-14/h4-7,10,18H,1-3H3/t10-/m0/s1. The minimum Gasteiger partial charge on any atom is -0.389 e. The van der Waals surface area contributed by atoms with Crippen molar-refractivity contribution >= 4 is 15.9 Å². The van der Waals surface area contributed by atoms with E-state index in [0.29, 0.717) is 5.82 Å². The summed E-state index contributed by atoms with van der Waals surface area (Å²) in [5.74, 6) is 0.696. The van der Waals surface area contributed by atoms with Crippen LogP contribution in [0, 0.1) is 13.8 Å². The van der Waals surface area contributed by atoms with Crippen LogP contribution < -0.4 is 0 Å². The highest BCUT2D eigenvalue weighted by atomic mass is 79.9. The van der Waals surface area contributed by atoms with Gasteiger partial charge >= 0.3 is 0 Å². The van der Waals surface area contributed by atoms with Gasteiger partial charge in [0.05, 0.1) is 6.10 Å². The van der Waals surface area contributed by atoms with Crippen molar-refractivity contribution in [3.8, 4) is 11.4 Å². The van der Waals surface area contributed by atoms with Gasteiger partial charge in [0.2, 0.25) is 0 Å². The second-order valence-electron chi connectivity index (χ2n) is 4.37. The molecule has 0 bridgehead atoms. The Morgan fingerprint density at radius 1 is 1.28 bits per heavy atom. The lowest BCUT2D eigenvalue weighted by molar-refractivity contribution is 0.197. The summed E-state index contributed by atoms with van der Waals surface area (Å²) in [6.07, 6.45) is 1.16. The van der Waals surface area contributed by atoms with E-state index < -0.39 is 6.10 Å². The third-order valence-corrected chi connectivity index (χ3v) is 3.39. The van der Waals surface area contributed by atoms with Crippen LogP contribution in [0.1, 0.15) is 29.8 Å². The number of nitrogens with zero attached hydrogens (tertiary/aromatic N) is 2. The van der Waals surface area contributed by atoms with E-state index in [4.69, 9.17) is 0 Å². The molecule has 3 nitrogen and oxygen atoms in total. The highest BCUT2D eigenvalue weighted by Crippen LogP contribution is 2.25. The van der Waals surface area contributed by atoms with Crippen molar-refractivity contribution in [3.63, 3.8) is 0 Å². The van der Waals surface area contributed by atoms with E-state index in [1.807, 2.05) is 32.0 Å². The van der Waals surface area contributed by atoms with E-state index in [9.17, 15) is 5.11 Å². The summed E-state index contributed by atoms with van der Waals surface area (Å²) < 4.78 is 1.04. The van der Waals surface area contributed by atoms with E-state index in [0.717, 1.165) is 26.9 Å². The zero-order valence-electron chi connectivity index (χ0n) is 10.6. The van der Waals surface area contributed by atoms with Crippen molar-refractivity contribution in [2.75, 3.05) is 0 Å². The van der Waals surface area contributed by atoms with Gasteiger partial charge < -0.3 is 5.11 Å². The van der Waals surface area contributed by atoms with Crippen LogP contribution in [0.2, 0.25) is 0 Å². The minimum atomic E-state index is -0.537. The maximum atomic E-state index is 9.57. The molecule has 2 aromatic rings. The summed E-state index contributed by atoms with van der Waals surface area (Å²) in [4.78, 5) is 8.80. The third kappa shape index (κ3) is 2.60. The predicted molar refractivity (Wildman–Crippen MR) is 75.3 cm³/mol. The minimum absolute atomic E-state index is 0.537. The van der Waals surface area contributed by atoms with Crippen LogP contribution in [0.3, 0.4) is 0 Å². The van der Waals surface area contributed by atoms with Crippen LogP contribution in [-0.4, -0.2) is 15.1 Å². The molecule has 0 amide bonds. The normalized spacial score (nSPS) is 12.5. The van der Waals surface area contributed by atoms with Crippen LogP contribution in [0.5, 0.6) is 0 Å². The van der Waals surface area contributed by atoms with E-state index >= 15 is 0 Å². The fraction of sp³-hybridized carbons (Fsp3) is 0.286. The van der Waals surface area contributed by atoms with Gasteiger partial charge in [0.25, 0.3) is 0 Å². The van der Waals surface area contributed by atoms with E-state index in [1.165, 1.54) is 0 Å². The second-order valence-corrected chi connectivity index (χ2v) is 5.29. The molecular weight excluding hydrogens is 292 g/mol. The van der Waals surface area contributed by atoms with Gasteiger partial charge in [0.1, 0.15) is 0 Å². The van der Waals surface area contributed by atoms with Crippen molar-refractivity contribution in [2.45, 2.75) is 26.9 Å². The molecule has 1 aromatic heterocycles. The number of halogens is 1. The lowest BCUT2D eigenvalue weighted by Crippen LogP contribution is -2.01. The third-order valence-electron chi connectivity index (χ3n) is 2.90. The van der Waals surface area contributed by atoms with Crippen LogP contribution >= 0.6 is 15.9 Å². The average Bonchev–Trinajstić information content (AvgIpc) is 2.28. The summed E-state index contributed by atoms with van der Waals surface area (Å²) in [6.45, 7) is 5.64. The first kappa shape index (κ1) is 13.2. The molecule has 0 aliphatic heterocycles. The average molecular weight is 307 g/mol. The van der Waals surface area contributed by atoms with Gasteiger partial charge in [-0.25, -0.2) is 9.97 Å². The zero-order chi connectivity index (χ0) is 13.3. The van der Waals surface area contributed by atoms with Crippen LogP contribution in [0.4, 0.5) is 0 Å². The molecule has 18 heavy (non-hydrogen) atoms. The van der Waals surface area contributed by atoms with E-state index in [-0.39, 0.29) is 0 Å². The molecule has 0 saturated carbocycles. The number of hydrogen-bond donors (Lipinski definition) is 1. The molecule has 0 radical (unpaired) electrons. The van der Waals surface area contributed by atoms with E-state index in [2.05, 4.69) is 25.9 Å². The molecule has 1 aromatic carbocycles. The molecule has 4 heteroatoms. The largest absolute Gasteiger partial charge is 0.389 e. The molecule has 0 aliphatic carbocycles. The molecule has 0 fully saturated rings. The van der Waals surface area contributed by atoms with Gasteiger partial charge in [-0.1, -0.05) is 15.9 Å². The smallest absolute Gasteiger partial charge is 0.159 e. The van der Waals surface area contributed by atoms with Crippen molar-refractivity contribution in [2.24, 2.45) is 0 Å². The summed E-state index contributed by atoms with van der Waals surface area (Å²) >= 11 is 3.44. The highest BCUT2D eigenvalue weighted by molar-refractivity contribution is 9.10. The van der Waals surface area contributed by atoms with E-state index in [1.54, 1.807) is 13.1 Å². The maximum Gasteiger partial charge on any atom is 0.159 e. The van der Waals surface area contributed by atoms with Gasteiger partial charge in [-0.05, 0) is 44.5 Å². The van der Waals surface area contributed by atoms with Crippen molar-refractivity contribution in [3.05, 3.63) is 45.7 Å². The van der Waals surface area contributed by atoms with Gasteiger partial charge in [-0.3, -0.25) is 0 Å². The Kier molecular flexibility index (Phi) is 3.78. The Morgan fingerprint density at radius 2 is 2.00 bits per heavy atom. The number of rotatable bonds is 2. The molecule has 1 N–H and O–H groups in total. The van der Waals surface area contributed by atoms with Gasteiger partial charge in [0.15, 0.2) is 5.82 Å². The molecule has 1 heterocycles. The molecule has 1 atom stereocenters. The van der Waals surface area contributed by atoms with Crippen LogP contribution in [-0.2, 0) is 0 Å². The van der Waals surface area contributed by atoms with Crippen molar-refractivity contribution in [1.29, 1.82) is 0 Å². The molecule has 0 spiro atoms. The van der Waals surface area contributed by atoms with Gasteiger partial charge in [-0.15, -0.1) is 0 Å². The van der Waals surface area contributed by atoms with Crippen molar-refractivity contribution < 1.29 is 5.11 Å². The summed E-state index contributed by atoms with van der Waals surface area (Å²) in [7, 11) is 0. The highest BCUT2D eigenvalue weighted by Gasteiger charge is 2.10. The number of benzene rings is 1. The first-order chi connectivity index (χ1) is 8.49. The molecular formula is C14H15BrN2O. The number of aromatic nitrogens is 2. The maximum absolute atomic E-state index is 9.57. The quantitative estimate of drug-likeness (QED) is 0.922. The van der Waals surface area contributed by atoms with Gasteiger partial charge in [0, 0.05) is 27.5 Å². The number of aliphatic hydroxyl groups is 1. The molecule has 0 unspecified atom stereocenters. The Morgan fingerprint density at radius 3 is 2.56 bits per heavy atom. The van der Waals surface area contributed by atoms with Crippen molar-refractivity contribution in [1.82, 2.24) is 9.97 Å². The Hall–Kier alpha value is -1.26. The summed E-state index contributed by atoms with van der Waals surface area (Å²) in [5.41, 5.74) is 3.72. The molecule has 94 valence electrons. The second kappa shape index (κ2) is 5.16. The van der Waals surface area contributed by atoms with Gasteiger partial charge in [-0.2, -0.15) is 0 Å². The lowest BCUT2D eigenvalue weighted by atomic mass is 10.1. The number of hydrogen-bond acceptors (Lipinski definition) is 3. The summed E-state index contributed by atoms with van der Waals surface area (Å²) in [6, 6.07) is 6.01. The molecule has 2 rings (SSSR count). The fourth-order valence-corrected chi connectivity index (χ4v) is 2.37.